The predicted octanol–water partition coefficient (Wildman–Crippen LogP) is 2.70. The first-order valence-corrected chi connectivity index (χ1v) is 8.44. The van der Waals surface area contributed by atoms with Crippen molar-refractivity contribution in [3.05, 3.63) is 54.2 Å². The Morgan fingerprint density at radius 2 is 2.04 bits per heavy atom. The van der Waals surface area contributed by atoms with Crippen molar-refractivity contribution in [3.63, 3.8) is 0 Å². The molecule has 1 aliphatic carbocycles. The van der Waals surface area contributed by atoms with E-state index in [-0.39, 0.29) is 17.6 Å². The van der Waals surface area contributed by atoms with Crippen molar-refractivity contribution in [1.82, 2.24) is 10.3 Å². The maximum absolute atomic E-state index is 12.0. The van der Waals surface area contributed by atoms with Gasteiger partial charge in [-0.25, -0.2) is 4.98 Å². The second kappa shape index (κ2) is 7.28. The van der Waals surface area contributed by atoms with E-state index >= 15 is 0 Å². The molecule has 1 aromatic heterocycles. The van der Waals surface area contributed by atoms with E-state index in [0.29, 0.717) is 17.3 Å². The lowest BCUT2D eigenvalue weighted by Crippen LogP contribution is -2.25. The van der Waals surface area contributed by atoms with Crippen molar-refractivity contribution in [2.45, 2.75) is 23.9 Å². The van der Waals surface area contributed by atoms with Crippen LogP contribution in [0.25, 0.3) is 0 Å². The number of benzene rings is 1. The minimum absolute atomic E-state index is 0.0912. The molecule has 5 nitrogen and oxygen atoms in total. The Kier molecular flexibility index (Phi) is 4.92. The van der Waals surface area contributed by atoms with Crippen LogP contribution in [0.3, 0.4) is 0 Å². The summed E-state index contributed by atoms with van der Waals surface area (Å²) in [7, 11) is 0. The SMILES string of the molecule is O=C(CSc1ccccn1)Nc1cccc(C(=O)NC2CC2)c1. The number of carbonyl (C=O) groups excluding carboxylic acids is 2. The van der Waals surface area contributed by atoms with Crippen molar-refractivity contribution < 1.29 is 9.59 Å². The molecule has 1 saturated carbocycles. The molecule has 0 radical (unpaired) electrons. The van der Waals surface area contributed by atoms with Gasteiger partial charge < -0.3 is 10.6 Å². The van der Waals surface area contributed by atoms with Gasteiger partial charge >= 0.3 is 0 Å². The first-order chi connectivity index (χ1) is 11.2. The van der Waals surface area contributed by atoms with Gasteiger partial charge in [-0.2, -0.15) is 0 Å². The van der Waals surface area contributed by atoms with Gasteiger partial charge in [-0.1, -0.05) is 23.9 Å². The Labute approximate surface area is 138 Å². The minimum atomic E-state index is -0.125. The molecule has 1 heterocycles. The quantitative estimate of drug-likeness (QED) is 0.800. The van der Waals surface area contributed by atoms with Crippen LogP contribution in [0, 0.1) is 0 Å². The summed E-state index contributed by atoms with van der Waals surface area (Å²) in [5.74, 6) is 0.0575. The van der Waals surface area contributed by atoms with Crippen LogP contribution in [0.1, 0.15) is 23.2 Å². The summed E-state index contributed by atoms with van der Waals surface area (Å²) in [6.45, 7) is 0. The molecule has 1 aliphatic rings. The highest BCUT2D eigenvalue weighted by Crippen LogP contribution is 2.20. The number of hydrogen-bond donors (Lipinski definition) is 2. The van der Waals surface area contributed by atoms with Gasteiger partial charge in [0.1, 0.15) is 0 Å². The van der Waals surface area contributed by atoms with Crippen LogP contribution in [0.2, 0.25) is 0 Å². The van der Waals surface area contributed by atoms with Gasteiger partial charge in [0, 0.05) is 23.5 Å². The lowest BCUT2D eigenvalue weighted by atomic mass is 10.2. The molecule has 0 atom stereocenters. The number of carbonyl (C=O) groups is 2. The third-order valence-corrected chi connectivity index (χ3v) is 4.25. The van der Waals surface area contributed by atoms with Gasteiger partial charge in [-0.3, -0.25) is 9.59 Å². The number of rotatable bonds is 6. The van der Waals surface area contributed by atoms with Crippen LogP contribution in [-0.4, -0.2) is 28.6 Å². The Bertz CT molecular complexity index is 702. The zero-order chi connectivity index (χ0) is 16.1. The van der Waals surface area contributed by atoms with E-state index in [9.17, 15) is 9.59 Å². The highest BCUT2D eigenvalue weighted by atomic mass is 32.2. The largest absolute Gasteiger partial charge is 0.349 e. The van der Waals surface area contributed by atoms with Gasteiger partial charge in [0.25, 0.3) is 5.91 Å². The summed E-state index contributed by atoms with van der Waals surface area (Å²) in [5.41, 5.74) is 1.19. The third-order valence-electron chi connectivity index (χ3n) is 3.31. The lowest BCUT2D eigenvalue weighted by molar-refractivity contribution is -0.113. The van der Waals surface area contributed by atoms with E-state index in [2.05, 4.69) is 15.6 Å². The van der Waals surface area contributed by atoms with E-state index in [1.807, 2.05) is 18.2 Å². The number of aromatic nitrogens is 1. The van der Waals surface area contributed by atoms with E-state index in [1.54, 1.807) is 30.5 Å². The molecule has 6 heteroatoms. The van der Waals surface area contributed by atoms with Crippen LogP contribution >= 0.6 is 11.8 Å². The zero-order valence-electron chi connectivity index (χ0n) is 12.5. The Hall–Kier alpha value is -2.34. The van der Waals surface area contributed by atoms with Crippen LogP contribution in [-0.2, 0) is 4.79 Å². The van der Waals surface area contributed by atoms with E-state index in [0.717, 1.165) is 17.9 Å². The van der Waals surface area contributed by atoms with Gasteiger partial charge in [0.2, 0.25) is 5.91 Å². The van der Waals surface area contributed by atoms with E-state index in [4.69, 9.17) is 0 Å². The Morgan fingerprint density at radius 3 is 2.78 bits per heavy atom. The van der Waals surface area contributed by atoms with Crippen LogP contribution in [0.5, 0.6) is 0 Å². The second-order valence-corrected chi connectivity index (χ2v) is 6.33. The van der Waals surface area contributed by atoms with E-state index in [1.165, 1.54) is 11.8 Å². The zero-order valence-corrected chi connectivity index (χ0v) is 13.3. The molecule has 0 spiro atoms. The molecular weight excluding hydrogens is 310 g/mol. The number of pyridine rings is 1. The average Bonchev–Trinajstić information content (AvgIpc) is 3.38. The van der Waals surface area contributed by atoms with Gasteiger partial charge in [0.15, 0.2) is 0 Å². The number of anilines is 1. The van der Waals surface area contributed by atoms with Crippen LogP contribution in [0.15, 0.2) is 53.7 Å². The minimum Gasteiger partial charge on any atom is -0.349 e. The summed E-state index contributed by atoms with van der Waals surface area (Å²) in [4.78, 5) is 28.2. The van der Waals surface area contributed by atoms with Crippen LogP contribution in [0.4, 0.5) is 5.69 Å². The third kappa shape index (κ3) is 4.82. The molecule has 118 valence electrons. The monoisotopic (exact) mass is 327 g/mol. The fourth-order valence-electron chi connectivity index (χ4n) is 2.00. The predicted molar refractivity (Wildman–Crippen MR) is 90.5 cm³/mol. The van der Waals surface area contributed by atoms with Crippen molar-refractivity contribution >= 4 is 29.3 Å². The number of amides is 2. The van der Waals surface area contributed by atoms with Gasteiger partial charge in [0.05, 0.1) is 10.8 Å². The summed E-state index contributed by atoms with van der Waals surface area (Å²) >= 11 is 1.37. The maximum Gasteiger partial charge on any atom is 0.251 e. The van der Waals surface area contributed by atoms with Gasteiger partial charge in [-0.15, -0.1) is 0 Å². The molecule has 2 amide bonds. The number of nitrogens with zero attached hydrogens (tertiary/aromatic N) is 1. The second-order valence-electron chi connectivity index (χ2n) is 5.33. The standard InChI is InChI=1S/C17H17N3O2S/c21-15(11-23-16-6-1-2-9-18-16)19-14-5-3-4-12(10-14)17(22)20-13-7-8-13/h1-6,9-10,13H,7-8,11H2,(H,19,21)(H,20,22). The number of nitrogens with one attached hydrogen (secondary N) is 2. The first-order valence-electron chi connectivity index (χ1n) is 7.45. The topological polar surface area (TPSA) is 71.1 Å². The first kappa shape index (κ1) is 15.6. The summed E-state index contributed by atoms with van der Waals surface area (Å²) in [5, 5.41) is 6.55. The molecule has 0 unspecified atom stereocenters. The van der Waals surface area contributed by atoms with E-state index < -0.39 is 0 Å². The number of hydrogen-bond acceptors (Lipinski definition) is 4. The molecule has 2 N–H and O–H groups in total. The van der Waals surface area contributed by atoms with Crippen LogP contribution < -0.4 is 10.6 Å². The summed E-state index contributed by atoms with van der Waals surface area (Å²) in [6, 6.07) is 12.9. The molecule has 1 aromatic carbocycles. The Balaban J connectivity index is 1.54. The van der Waals surface area contributed by atoms with Crippen molar-refractivity contribution in [2.24, 2.45) is 0 Å². The normalized spacial score (nSPS) is 13.4. The van der Waals surface area contributed by atoms with Crippen molar-refractivity contribution in [3.8, 4) is 0 Å². The smallest absolute Gasteiger partial charge is 0.251 e. The highest BCUT2D eigenvalue weighted by Gasteiger charge is 2.23. The van der Waals surface area contributed by atoms with Gasteiger partial charge in [-0.05, 0) is 43.2 Å². The maximum atomic E-state index is 12.0. The molecule has 1 fully saturated rings. The Morgan fingerprint density at radius 1 is 1.17 bits per heavy atom. The summed E-state index contributed by atoms with van der Waals surface area (Å²) < 4.78 is 0. The molecule has 0 saturated heterocycles. The lowest BCUT2D eigenvalue weighted by Gasteiger charge is -2.08. The van der Waals surface area contributed by atoms with Crippen molar-refractivity contribution in [2.75, 3.05) is 11.1 Å². The fourth-order valence-corrected chi connectivity index (χ4v) is 2.66. The fraction of sp³-hybridized carbons (Fsp3) is 0.235. The van der Waals surface area contributed by atoms with Crippen molar-refractivity contribution in [1.29, 1.82) is 0 Å². The molecule has 0 aliphatic heterocycles. The molecule has 3 rings (SSSR count). The highest BCUT2D eigenvalue weighted by molar-refractivity contribution is 7.99. The molecule has 23 heavy (non-hydrogen) atoms. The summed E-state index contributed by atoms with van der Waals surface area (Å²) in [6.07, 6.45) is 3.79. The molecule has 2 aromatic rings. The number of thioether (sulfide) groups is 1. The molecular formula is C17H17N3O2S. The molecule has 0 bridgehead atoms. The average molecular weight is 327 g/mol.